The number of benzene rings is 1. The summed E-state index contributed by atoms with van der Waals surface area (Å²) >= 11 is 0. The minimum Gasteiger partial charge on any atom is -0.497 e. The number of fused-ring (bicyclic) bond motifs is 1. The van der Waals surface area contributed by atoms with Gasteiger partial charge in [0.05, 0.1) is 19.8 Å². The van der Waals surface area contributed by atoms with Crippen LogP contribution in [0.5, 0.6) is 5.75 Å². The van der Waals surface area contributed by atoms with E-state index in [1.807, 2.05) is 6.07 Å². The summed E-state index contributed by atoms with van der Waals surface area (Å²) in [4.78, 5) is 18.1. The van der Waals surface area contributed by atoms with Crippen LogP contribution in [-0.2, 0) is 11.3 Å². The molecule has 1 aliphatic heterocycles. The Hall–Kier alpha value is -2.28. The molecule has 23 heavy (non-hydrogen) atoms. The van der Waals surface area contributed by atoms with Crippen LogP contribution >= 0.6 is 0 Å². The number of nitrogens with one attached hydrogen (secondary N) is 1. The summed E-state index contributed by atoms with van der Waals surface area (Å²) < 4.78 is 16.3. The van der Waals surface area contributed by atoms with E-state index >= 15 is 0 Å². The van der Waals surface area contributed by atoms with Gasteiger partial charge in [-0.1, -0.05) is 0 Å². The molecule has 1 atom stereocenters. The van der Waals surface area contributed by atoms with Gasteiger partial charge in [0.25, 0.3) is 0 Å². The van der Waals surface area contributed by atoms with Gasteiger partial charge in [0.1, 0.15) is 11.3 Å². The maximum absolute atomic E-state index is 12.1. The van der Waals surface area contributed by atoms with E-state index in [0.717, 1.165) is 25.2 Å². The summed E-state index contributed by atoms with van der Waals surface area (Å²) in [6.45, 7) is 1.62. The highest BCUT2D eigenvalue weighted by Gasteiger charge is 2.20. The molecule has 0 saturated carbocycles. The lowest BCUT2D eigenvalue weighted by Gasteiger charge is -2.20. The Kier molecular flexibility index (Phi) is 4.66. The number of aromatic nitrogens is 1. The number of oxazole rings is 1. The van der Waals surface area contributed by atoms with Crippen molar-refractivity contribution >= 4 is 17.1 Å². The van der Waals surface area contributed by atoms with Crippen LogP contribution in [-0.4, -0.2) is 49.3 Å². The largest absolute Gasteiger partial charge is 0.497 e. The predicted octanol–water partition coefficient (Wildman–Crippen LogP) is 2.16. The lowest BCUT2D eigenvalue weighted by molar-refractivity contribution is 0.0873. The van der Waals surface area contributed by atoms with Crippen molar-refractivity contribution < 1.29 is 18.7 Å². The van der Waals surface area contributed by atoms with Gasteiger partial charge in [-0.15, -0.1) is 0 Å². The van der Waals surface area contributed by atoms with Crippen molar-refractivity contribution in [3.8, 4) is 5.75 Å². The average molecular weight is 319 g/mol. The predicted molar refractivity (Wildman–Crippen MR) is 84.4 cm³/mol. The first kappa shape index (κ1) is 15.6. The summed E-state index contributed by atoms with van der Waals surface area (Å²) in [5.41, 5.74) is 1.38. The van der Waals surface area contributed by atoms with Gasteiger partial charge in [0, 0.05) is 26.3 Å². The van der Waals surface area contributed by atoms with Gasteiger partial charge in [-0.25, -0.2) is 9.78 Å². The van der Waals surface area contributed by atoms with Gasteiger partial charge in [0.2, 0.25) is 5.89 Å². The van der Waals surface area contributed by atoms with E-state index in [-0.39, 0.29) is 18.7 Å². The molecule has 1 aromatic heterocycles. The second-order valence-corrected chi connectivity index (χ2v) is 5.62. The molecule has 1 saturated heterocycles. The van der Waals surface area contributed by atoms with Gasteiger partial charge in [-0.2, -0.15) is 0 Å². The smallest absolute Gasteiger partial charge is 0.317 e. The number of amides is 2. The summed E-state index contributed by atoms with van der Waals surface area (Å²) in [6, 6.07) is 5.25. The fourth-order valence-corrected chi connectivity index (χ4v) is 2.62. The molecule has 1 N–H and O–H groups in total. The normalized spacial score (nSPS) is 17.4. The third kappa shape index (κ3) is 3.73. The maximum atomic E-state index is 12.1. The second kappa shape index (κ2) is 6.87. The number of nitrogens with zero attached hydrogens (tertiary/aromatic N) is 2. The molecule has 0 bridgehead atoms. The molecule has 1 fully saturated rings. The van der Waals surface area contributed by atoms with Crippen molar-refractivity contribution in [2.24, 2.45) is 0 Å². The molecule has 0 spiro atoms. The van der Waals surface area contributed by atoms with Crippen LogP contribution in [0.3, 0.4) is 0 Å². The Bertz CT molecular complexity index is 679. The molecule has 1 aromatic carbocycles. The molecular weight excluding hydrogens is 298 g/mol. The molecular formula is C16H21N3O4. The monoisotopic (exact) mass is 319 g/mol. The average Bonchev–Trinajstić information content (AvgIpc) is 3.20. The summed E-state index contributed by atoms with van der Waals surface area (Å²) in [5, 5.41) is 2.81. The number of hydrogen-bond acceptors (Lipinski definition) is 5. The van der Waals surface area contributed by atoms with Gasteiger partial charge >= 0.3 is 6.03 Å². The second-order valence-electron chi connectivity index (χ2n) is 5.62. The number of rotatable bonds is 5. The van der Waals surface area contributed by atoms with Crippen molar-refractivity contribution in [3.63, 3.8) is 0 Å². The van der Waals surface area contributed by atoms with Crippen molar-refractivity contribution in [2.75, 3.05) is 27.3 Å². The van der Waals surface area contributed by atoms with Gasteiger partial charge in [-0.05, 0) is 25.0 Å². The number of hydrogen-bond donors (Lipinski definition) is 1. The van der Waals surface area contributed by atoms with E-state index in [2.05, 4.69) is 10.3 Å². The molecule has 0 radical (unpaired) electrons. The van der Waals surface area contributed by atoms with Crippen molar-refractivity contribution in [1.82, 2.24) is 15.2 Å². The van der Waals surface area contributed by atoms with E-state index < -0.39 is 0 Å². The van der Waals surface area contributed by atoms with Crippen LogP contribution < -0.4 is 10.1 Å². The zero-order valence-electron chi connectivity index (χ0n) is 13.4. The molecule has 1 aliphatic rings. The fraction of sp³-hybridized carbons (Fsp3) is 0.500. The Morgan fingerprint density at radius 3 is 3.13 bits per heavy atom. The van der Waals surface area contributed by atoms with Crippen LogP contribution in [0.15, 0.2) is 22.6 Å². The Balaban J connectivity index is 1.55. The molecule has 124 valence electrons. The maximum Gasteiger partial charge on any atom is 0.317 e. The van der Waals surface area contributed by atoms with E-state index in [1.165, 1.54) is 0 Å². The zero-order chi connectivity index (χ0) is 16.2. The molecule has 2 heterocycles. The Morgan fingerprint density at radius 1 is 1.52 bits per heavy atom. The third-order valence-electron chi connectivity index (χ3n) is 3.88. The Morgan fingerprint density at radius 2 is 2.39 bits per heavy atom. The minimum absolute atomic E-state index is 0.141. The fourth-order valence-electron chi connectivity index (χ4n) is 2.62. The zero-order valence-corrected chi connectivity index (χ0v) is 13.4. The van der Waals surface area contributed by atoms with Gasteiger partial charge < -0.3 is 24.1 Å². The van der Waals surface area contributed by atoms with Gasteiger partial charge in [0.15, 0.2) is 5.58 Å². The lowest BCUT2D eigenvalue weighted by atomic mass is 10.2. The van der Waals surface area contributed by atoms with E-state index in [4.69, 9.17) is 13.9 Å². The van der Waals surface area contributed by atoms with Crippen molar-refractivity contribution in [3.05, 3.63) is 24.1 Å². The van der Waals surface area contributed by atoms with Crippen molar-refractivity contribution in [1.29, 1.82) is 0 Å². The summed E-state index contributed by atoms with van der Waals surface area (Å²) in [7, 11) is 3.36. The first-order valence-electron chi connectivity index (χ1n) is 7.70. The number of urea groups is 1. The SMILES string of the molecule is COc1ccc2oc(CNC(=O)N(C)C[C@H]3CCCO3)nc2c1. The molecule has 0 unspecified atom stereocenters. The number of carbonyl (C=O) groups is 1. The number of likely N-dealkylation sites (N-methyl/N-ethyl adjacent to an activating group) is 1. The molecule has 0 aliphatic carbocycles. The summed E-state index contributed by atoms with van der Waals surface area (Å²) in [5.74, 6) is 1.19. The molecule has 2 aromatic rings. The van der Waals surface area contributed by atoms with Gasteiger partial charge in [-0.3, -0.25) is 0 Å². The van der Waals surface area contributed by atoms with E-state index in [0.29, 0.717) is 23.5 Å². The Labute approximate surface area is 134 Å². The standard InChI is InChI=1S/C16H21N3O4/c1-19(10-12-4-3-7-22-12)16(20)17-9-15-18-13-8-11(21-2)5-6-14(13)23-15/h5-6,8,12H,3-4,7,9-10H2,1-2H3,(H,17,20)/t12-/m1/s1. The highest BCUT2D eigenvalue weighted by atomic mass is 16.5. The van der Waals surface area contributed by atoms with Crippen molar-refractivity contribution in [2.45, 2.75) is 25.5 Å². The first-order valence-corrected chi connectivity index (χ1v) is 7.70. The number of methoxy groups -OCH3 is 1. The van der Waals surface area contributed by atoms with Crippen LogP contribution in [0.25, 0.3) is 11.1 Å². The molecule has 2 amide bonds. The number of ether oxygens (including phenoxy) is 2. The first-order chi connectivity index (χ1) is 11.2. The van der Waals surface area contributed by atoms with E-state index in [1.54, 1.807) is 31.2 Å². The highest BCUT2D eigenvalue weighted by molar-refractivity contribution is 5.75. The topological polar surface area (TPSA) is 76.8 Å². The van der Waals surface area contributed by atoms with Crippen LogP contribution in [0.4, 0.5) is 4.79 Å². The molecule has 7 heteroatoms. The third-order valence-corrected chi connectivity index (χ3v) is 3.88. The lowest BCUT2D eigenvalue weighted by Crippen LogP contribution is -2.40. The van der Waals surface area contributed by atoms with Crippen LogP contribution in [0, 0.1) is 0 Å². The number of carbonyl (C=O) groups excluding carboxylic acids is 1. The minimum atomic E-state index is -0.166. The quantitative estimate of drug-likeness (QED) is 0.914. The molecule has 7 nitrogen and oxygen atoms in total. The van der Waals surface area contributed by atoms with Crippen LogP contribution in [0.2, 0.25) is 0 Å². The van der Waals surface area contributed by atoms with Crippen LogP contribution in [0.1, 0.15) is 18.7 Å². The highest BCUT2D eigenvalue weighted by Crippen LogP contribution is 2.21. The molecule has 3 rings (SSSR count). The summed E-state index contributed by atoms with van der Waals surface area (Å²) in [6.07, 6.45) is 2.21. The van der Waals surface area contributed by atoms with E-state index in [9.17, 15) is 4.79 Å².